The third kappa shape index (κ3) is 8.44. The Hall–Kier alpha value is -3.62. The number of epoxide rings is 1. The Balaban J connectivity index is 1.46. The Labute approximate surface area is 246 Å². The molecule has 1 amide bonds. The van der Waals surface area contributed by atoms with E-state index in [4.69, 9.17) is 4.74 Å². The highest BCUT2D eigenvalue weighted by molar-refractivity contribution is 7.11. The molecule has 2 aromatic carbocycles. The summed E-state index contributed by atoms with van der Waals surface area (Å²) in [6.45, 7) is 12.0. The quantitative estimate of drug-likeness (QED) is 0.256. The lowest BCUT2D eigenvalue weighted by Crippen LogP contribution is -2.50. The minimum Gasteiger partial charge on any atom is -0.377 e. The molecule has 7 nitrogen and oxygen atoms in total. The van der Waals surface area contributed by atoms with Crippen LogP contribution in [0.25, 0.3) is 0 Å². The van der Waals surface area contributed by atoms with Gasteiger partial charge in [0.05, 0.1) is 29.4 Å². The standard InChI is InChI=1S/C33H39N3O4S/c1-21(16-27(37)19-30-23(3)34-24(4)41-30)32(39)36-28(17-25-12-8-6-9-13-25)22(2)35-29(31(38)33(5)20-40-33)18-26-14-10-7-11-15-26/h6-15,21,28-29,35H,2,16-20H2,1,3-5H3,(H,36,39)/t21-,28+,29+,33-/m1/s1. The molecule has 1 saturated heterocycles. The highest BCUT2D eigenvalue weighted by Crippen LogP contribution is 2.29. The number of nitrogens with zero attached hydrogens (tertiary/aromatic N) is 1. The molecule has 0 bridgehead atoms. The van der Waals surface area contributed by atoms with Gasteiger partial charge in [-0.3, -0.25) is 14.4 Å². The first-order valence-corrected chi connectivity index (χ1v) is 14.8. The summed E-state index contributed by atoms with van der Waals surface area (Å²) < 4.78 is 5.47. The van der Waals surface area contributed by atoms with Crippen molar-refractivity contribution < 1.29 is 19.1 Å². The highest BCUT2D eigenvalue weighted by atomic mass is 32.1. The number of rotatable bonds is 15. The van der Waals surface area contributed by atoms with E-state index in [0.717, 1.165) is 26.7 Å². The molecular weight excluding hydrogens is 534 g/mol. The first-order valence-electron chi connectivity index (χ1n) is 14.0. The van der Waals surface area contributed by atoms with Crippen LogP contribution in [-0.4, -0.2) is 46.7 Å². The molecule has 0 aliphatic carbocycles. The number of carbonyl (C=O) groups is 3. The van der Waals surface area contributed by atoms with Crippen molar-refractivity contribution in [3.8, 4) is 0 Å². The molecule has 216 valence electrons. The second-order valence-electron chi connectivity index (χ2n) is 11.1. The predicted octanol–water partition coefficient (Wildman–Crippen LogP) is 4.70. The Morgan fingerprint density at radius 2 is 1.54 bits per heavy atom. The Morgan fingerprint density at radius 1 is 0.976 bits per heavy atom. The van der Waals surface area contributed by atoms with E-state index < -0.39 is 23.6 Å². The average Bonchev–Trinajstić information content (AvgIpc) is 3.62. The third-order valence-corrected chi connectivity index (χ3v) is 8.49. The number of nitrogens with one attached hydrogen (secondary N) is 2. The van der Waals surface area contributed by atoms with Crippen LogP contribution in [0.5, 0.6) is 0 Å². The largest absolute Gasteiger partial charge is 0.377 e. The van der Waals surface area contributed by atoms with Gasteiger partial charge in [-0.1, -0.05) is 74.2 Å². The molecule has 41 heavy (non-hydrogen) atoms. The number of ketones is 2. The Morgan fingerprint density at radius 3 is 2.05 bits per heavy atom. The summed E-state index contributed by atoms with van der Waals surface area (Å²) in [5, 5.41) is 7.38. The van der Waals surface area contributed by atoms with Crippen molar-refractivity contribution in [2.45, 2.75) is 71.1 Å². The van der Waals surface area contributed by atoms with Crippen LogP contribution < -0.4 is 10.6 Å². The van der Waals surface area contributed by atoms with E-state index in [-0.39, 0.29) is 30.3 Å². The fraction of sp³-hybridized carbons (Fsp3) is 0.394. The van der Waals surface area contributed by atoms with Crippen molar-refractivity contribution in [1.29, 1.82) is 0 Å². The van der Waals surface area contributed by atoms with Crippen LogP contribution in [0.15, 0.2) is 72.9 Å². The number of thiazole rings is 1. The molecule has 4 rings (SSSR count). The number of benzene rings is 2. The summed E-state index contributed by atoms with van der Waals surface area (Å²) >= 11 is 1.52. The van der Waals surface area contributed by atoms with Crippen molar-refractivity contribution in [3.63, 3.8) is 0 Å². The van der Waals surface area contributed by atoms with Gasteiger partial charge in [0.25, 0.3) is 0 Å². The smallest absolute Gasteiger partial charge is 0.223 e. The lowest BCUT2D eigenvalue weighted by Gasteiger charge is -2.28. The average molecular weight is 574 g/mol. The topological polar surface area (TPSA) is 101 Å². The number of hydrogen-bond acceptors (Lipinski definition) is 7. The normalized spacial score (nSPS) is 18.1. The van der Waals surface area contributed by atoms with Crippen LogP contribution >= 0.6 is 11.3 Å². The second-order valence-corrected chi connectivity index (χ2v) is 12.4. The molecule has 3 aromatic rings. The molecule has 0 radical (unpaired) electrons. The van der Waals surface area contributed by atoms with E-state index in [1.54, 1.807) is 13.8 Å². The van der Waals surface area contributed by atoms with Gasteiger partial charge >= 0.3 is 0 Å². The van der Waals surface area contributed by atoms with E-state index in [9.17, 15) is 14.4 Å². The van der Waals surface area contributed by atoms with Crippen molar-refractivity contribution in [2.24, 2.45) is 5.92 Å². The minimum atomic E-state index is -0.811. The first-order chi connectivity index (χ1) is 19.5. The van der Waals surface area contributed by atoms with Gasteiger partial charge in [0.2, 0.25) is 5.91 Å². The van der Waals surface area contributed by atoms with E-state index in [0.29, 0.717) is 25.1 Å². The number of carbonyl (C=O) groups excluding carboxylic acids is 3. The molecule has 2 heterocycles. The maximum atomic E-state index is 13.4. The molecule has 0 spiro atoms. The van der Waals surface area contributed by atoms with Crippen LogP contribution in [0, 0.1) is 19.8 Å². The lowest BCUT2D eigenvalue weighted by atomic mass is 9.93. The summed E-state index contributed by atoms with van der Waals surface area (Å²) in [6, 6.07) is 18.5. The van der Waals surface area contributed by atoms with Crippen molar-refractivity contribution >= 4 is 28.8 Å². The van der Waals surface area contributed by atoms with E-state index >= 15 is 0 Å². The number of aryl methyl sites for hydroxylation is 2. The van der Waals surface area contributed by atoms with Crippen molar-refractivity contribution in [1.82, 2.24) is 15.6 Å². The fourth-order valence-electron chi connectivity index (χ4n) is 4.85. The molecule has 8 heteroatoms. The van der Waals surface area contributed by atoms with Crippen LogP contribution in [0.3, 0.4) is 0 Å². The molecule has 1 aliphatic heterocycles. The zero-order valence-corrected chi connectivity index (χ0v) is 25.1. The van der Waals surface area contributed by atoms with Crippen LogP contribution in [0.1, 0.15) is 47.0 Å². The summed E-state index contributed by atoms with van der Waals surface area (Å²) in [5.41, 5.74) is 2.62. The Kier molecular flexibility index (Phi) is 9.89. The molecule has 0 saturated carbocycles. The summed E-state index contributed by atoms with van der Waals surface area (Å²) in [6.07, 6.45) is 1.36. The van der Waals surface area contributed by atoms with Crippen molar-refractivity contribution in [2.75, 3.05) is 6.61 Å². The molecule has 1 fully saturated rings. The molecule has 1 aliphatic rings. The van der Waals surface area contributed by atoms with Gasteiger partial charge in [-0.25, -0.2) is 4.98 Å². The van der Waals surface area contributed by atoms with Crippen LogP contribution in [-0.2, 0) is 38.4 Å². The maximum absolute atomic E-state index is 13.4. The summed E-state index contributed by atoms with van der Waals surface area (Å²) in [5.74, 6) is -0.798. The SMILES string of the molecule is C=C(N[C@@H](Cc1ccccc1)C(=O)[C@@]1(C)CO1)[C@H](Cc1ccccc1)NC(=O)[C@H](C)CC(=O)Cc1sc(C)nc1C. The van der Waals surface area contributed by atoms with Gasteiger partial charge in [-0.05, 0) is 44.7 Å². The fourth-order valence-corrected chi connectivity index (χ4v) is 5.82. The molecule has 0 unspecified atom stereocenters. The minimum absolute atomic E-state index is 0.00200. The van der Waals surface area contributed by atoms with Gasteiger partial charge in [0, 0.05) is 29.3 Å². The second kappa shape index (κ2) is 13.4. The summed E-state index contributed by atoms with van der Waals surface area (Å²) in [7, 11) is 0. The van der Waals surface area contributed by atoms with Gasteiger partial charge in [-0.2, -0.15) is 0 Å². The highest BCUT2D eigenvalue weighted by Gasteiger charge is 2.50. The van der Waals surface area contributed by atoms with Gasteiger partial charge in [0.15, 0.2) is 5.78 Å². The van der Waals surface area contributed by atoms with Gasteiger partial charge in [0.1, 0.15) is 11.4 Å². The number of ether oxygens (including phenoxy) is 1. The molecule has 1 aromatic heterocycles. The summed E-state index contributed by atoms with van der Waals surface area (Å²) in [4.78, 5) is 44.9. The Bertz CT molecular complexity index is 1380. The van der Waals surface area contributed by atoms with Crippen molar-refractivity contribution in [3.05, 3.63) is 99.6 Å². The van der Waals surface area contributed by atoms with Gasteiger partial charge < -0.3 is 15.4 Å². The van der Waals surface area contributed by atoms with E-state index in [1.165, 1.54) is 11.3 Å². The molecule has 4 atom stereocenters. The molecule has 2 N–H and O–H groups in total. The van der Waals surface area contributed by atoms with Crippen LogP contribution in [0.4, 0.5) is 0 Å². The predicted molar refractivity (Wildman–Crippen MR) is 162 cm³/mol. The number of Topliss-reactive ketones (excluding diaryl/α,β-unsaturated/α-hetero) is 2. The lowest BCUT2D eigenvalue weighted by molar-refractivity contribution is -0.129. The first kappa shape index (κ1) is 30.3. The van der Waals surface area contributed by atoms with Crippen LogP contribution in [0.2, 0.25) is 0 Å². The monoisotopic (exact) mass is 573 g/mol. The molecular formula is C33H39N3O4S. The van der Waals surface area contributed by atoms with Gasteiger partial charge in [-0.15, -0.1) is 11.3 Å². The van der Waals surface area contributed by atoms with E-state index in [2.05, 4.69) is 22.2 Å². The number of aromatic nitrogens is 1. The third-order valence-electron chi connectivity index (χ3n) is 7.42. The number of hydrogen-bond donors (Lipinski definition) is 2. The maximum Gasteiger partial charge on any atom is 0.223 e. The number of amides is 1. The zero-order chi connectivity index (χ0) is 29.6. The van der Waals surface area contributed by atoms with E-state index in [1.807, 2.05) is 74.5 Å². The zero-order valence-electron chi connectivity index (χ0n) is 24.2.